The van der Waals surface area contributed by atoms with Crippen molar-refractivity contribution < 1.29 is 0 Å². The molecule has 3 rings (SSSR count). The Labute approximate surface area is 130 Å². The Morgan fingerprint density at radius 2 is 1.86 bits per heavy atom. The lowest BCUT2D eigenvalue weighted by atomic mass is 9.82. The predicted octanol–water partition coefficient (Wildman–Crippen LogP) is 1.36. The second-order valence-corrected chi connectivity index (χ2v) is 7.85. The Morgan fingerprint density at radius 1 is 1.14 bits per heavy atom. The highest BCUT2D eigenvalue weighted by Crippen LogP contribution is 2.35. The summed E-state index contributed by atoms with van der Waals surface area (Å²) in [5.74, 6) is 0. The largest absolute Gasteiger partial charge is 0.329 e. The first-order chi connectivity index (χ1) is 10.1. The number of nitrogens with zero attached hydrogens (tertiary/aromatic N) is 3. The van der Waals surface area contributed by atoms with Crippen molar-refractivity contribution >= 4 is 0 Å². The van der Waals surface area contributed by atoms with E-state index in [4.69, 9.17) is 5.73 Å². The third-order valence-corrected chi connectivity index (χ3v) is 6.39. The Morgan fingerprint density at radius 3 is 2.48 bits per heavy atom. The normalized spacial score (nSPS) is 35.3. The van der Waals surface area contributed by atoms with E-state index in [1.54, 1.807) is 0 Å². The molecule has 3 saturated heterocycles. The topological polar surface area (TPSA) is 35.7 Å². The molecular weight excluding hydrogens is 260 g/mol. The van der Waals surface area contributed by atoms with Crippen molar-refractivity contribution in [2.75, 3.05) is 39.3 Å². The number of fused-ring (bicyclic) bond motifs is 1. The summed E-state index contributed by atoms with van der Waals surface area (Å²) in [6.45, 7) is 14.1. The minimum atomic E-state index is 0.263. The van der Waals surface area contributed by atoms with Gasteiger partial charge >= 0.3 is 0 Å². The maximum Gasteiger partial charge on any atom is 0.0360 e. The third-order valence-electron chi connectivity index (χ3n) is 6.39. The fourth-order valence-electron chi connectivity index (χ4n) is 4.91. The summed E-state index contributed by atoms with van der Waals surface area (Å²) in [7, 11) is 0. The van der Waals surface area contributed by atoms with E-state index in [-0.39, 0.29) is 5.54 Å². The van der Waals surface area contributed by atoms with Crippen LogP contribution < -0.4 is 5.73 Å². The maximum atomic E-state index is 6.32. The van der Waals surface area contributed by atoms with E-state index in [9.17, 15) is 0 Å². The SMILES string of the molecule is CC(C)N1CCC(CN)(N2CC3CCCN3CC2C)CC1. The lowest BCUT2D eigenvalue weighted by Gasteiger charge is -2.55. The highest BCUT2D eigenvalue weighted by Gasteiger charge is 2.45. The zero-order valence-electron chi connectivity index (χ0n) is 14.2. The molecule has 0 aromatic carbocycles. The number of hydrogen-bond acceptors (Lipinski definition) is 4. The van der Waals surface area contributed by atoms with E-state index in [1.807, 2.05) is 0 Å². The van der Waals surface area contributed by atoms with E-state index in [0.717, 1.165) is 12.6 Å². The molecule has 4 nitrogen and oxygen atoms in total. The van der Waals surface area contributed by atoms with Crippen LogP contribution in [0.25, 0.3) is 0 Å². The Bertz CT molecular complexity index is 349. The first-order valence-electron chi connectivity index (χ1n) is 9.01. The summed E-state index contributed by atoms with van der Waals surface area (Å²) < 4.78 is 0. The lowest BCUT2D eigenvalue weighted by Crippen LogP contribution is -2.68. The second kappa shape index (κ2) is 6.15. The lowest BCUT2D eigenvalue weighted by molar-refractivity contribution is -0.0522. The van der Waals surface area contributed by atoms with E-state index >= 15 is 0 Å². The molecule has 0 saturated carbocycles. The van der Waals surface area contributed by atoms with Gasteiger partial charge in [-0.1, -0.05) is 0 Å². The Kier molecular flexibility index (Phi) is 4.60. The molecule has 3 fully saturated rings. The maximum absolute atomic E-state index is 6.32. The van der Waals surface area contributed by atoms with Gasteiger partial charge in [-0.15, -0.1) is 0 Å². The molecule has 2 unspecified atom stereocenters. The van der Waals surface area contributed by atoms with Crippen LogP contribution in [0.4, 0.5) is 0 Å². The van der Waals surface area contributed by atoms with Crippen LogP contribution in [-0.2, 0) is 0 Å². The second-order valence-electron chi connectivity index (χ2n) is 7.85. The van der Waals surface area contributed by atoms with Gasteiger partial charge in [0.25, 0.3) is 0 Å². The van der Waals surface area contributed by atoms with Gasteiger partial charge in [0.05, 0.1) is 0 Å². The van der Waals surface area contributed by atoms with Gasteiger partial charge in [-0.2, -0.15) is 0 Å². The number of hydrogen-bond donors (Lipinski definition) is 1. The van der Waals surface area contributed by atoms with Gasteiger partial charge in [0, 0.05) is 56.4 Å². The van der Waals surface area contributed by atoms with Crippen LogP contribution in [0.5, 0.6) is 0 Å². The zero-order valence-corrected chi connectivity index (χ0v) is 14.2. The zero-order chi connectivity index (χ0) is 15.0. The molecular formula is C17H34N4. The molecule has 0 aromatic rings. The number of likely N-dealkylation sites (tertiary alicyclic amines) is 1. The summed E-state index contributed by atoms with van der Waals surface area (Å²) in [6.07, 6.45) is 5.28. The summed E-state index contributed by atoms with van der Waals surface area (Å²) >= 11 is 0. The van der Waals surface area contributed by atoms with E-state index in [2.05, 4.69) is 35.5 Å². The predicted molar refractivity (Wildman–Crippen MR) is 88.5 cm³/mol. The fraction of sp³-hybridized carbons (Fsp3) is 1.00. The monoisotopic (exact) mass is 294 g/mol. The molecule has 0 radical (unpaired) electrons. The molecule has 0 aromatic heterocycles. The van der Waals surface area contributed by atoms with Crippen LogP contribution in [0.1, 0.15) is 46.5 Å². The smallest absolute Gasteiger partial charge is 0.0360 e. The van der Waals surface area contributed by atoms with Crippen molar-refractivity contribution in [2.24, 2.45) is 5.73 Å². The van der Waals surface area contributed by atoms with Crippen molar-refractivity contribution in [3.8, 4) is 0 Å². The van der Waals surface area contributed by atoms with Crippen molar-refractivity contribution in [1.82, 2.24) is 14.7 Å². The molecule has 0 bridgehead atoms. The quantitative estimate of drug-likeness (QED) is 0.852. The van der Waals surface area contributed by atoms with E-state index in [1.165, 1.54) is 58.4 Å². The van der Waals surface area contributed by atoms with Gasteiger partial charge in [-0.05, 0) is 53.0 Å². The van der Waals surface area contributed by atoms with Crippen LogP contribution in [0.15, 0.2) is 0 Å². The van der Waals surface area contributed by atoms with Crippen molar-refractivity contribution in [1.29, 1.82) is 0 Å². The van der Waals surface area contributed by atoms with Crippen LogP contribution in [0.2, 0.25) is 0 Å². The van der Waals surface area contributed by atoms with Gasteiger partial charge in [-0.3, -0.25) is 9.80 Å². The van der Waals surface area contributed by atoms with Gasteiger partial charge < -0.3 is 10.6 Å². The Hall–Kier alpha value is -0.160. The van der Waals surface area contributed by atoms with Crippen LogP contribution in [0, 0.1) is 0 Å². The highest BCUT2D eigenvalue weighted by molar-refractivity contribution is 5.03. The Balaban J connectivity index is 1.70. The summed E-state index contributed by atoms with van der Waals surface area (Å²) in [5.41, 5.74) is 6.58. The van der Waals surface area contributed by atoms with E-state index in [0.29, 0.717) is 12.1 Å². The molecule has 3 aliphatic heterocycles. The van der Waals surface area contributed by atoms with Gasteiger partial charge in [0.2, 0.25) is 0 Å². The molecule has 3 heterocycles. The fourth-order valence-corrected chi connectivity index (χ4v) is 4.91. The van der Waals surface area contributed by atoms with Crippen molar-refractivity contribution in [2.45, 2.75) is 70.1 Å². The average molecular weight is 294 g/mol. The van der Waals surface area contributed by atoms with Crippen LogP contribution >= 0.6 is 0 Å². The molecule has 0 spiro atoms. The van der Waals surface area contributed by atoms with Crippen LogP contribution in [0.3, 0.4) is 0 Å². The molecule has 2 atom stereocenters. The summed E-state index contributed by atoms with van der Waals surface area (Å²) in [6, 6.07) is 2.13. The molecule has 21 heavy (non-hydrogen) atoms. The molecule has 4 heteroatoms. The summed E-state index contributed by atoms with van der Waals surface area (Å²) in [4.78, 5) is 8.14. The molecule has 2 N–H and O–H groups in total. The summed E-state index contributed by atoms with van der Waals surface area (Å²) in [5, 5.41) is 0. The number of rotatable bonds is 3. The molecule has 0 aliphatic carbocycles. The minimum absolute atomic E-state index is 0.263. The minimum Gasteiger partial charge on any atom is -0.329 e. The standard InChI is InChI=1S/C17H34N4/c1-14(2)19-9-6-17(13-18,7-10-19)21-12-16-5-4-8-20(16)11-15(21)3/h14-16H,4-13,18H2,1-3H3. The molecule has 122 valence electrons. The van der Waals surface area contributed by atoms with Crippen LogP contribution in [-0.4, -0.2) is 77.6 Å². The number of nitrogens with two attached hydrogens (primary N) is 1. The number of piperazine rings is 1. The van der Waals surface area contributed by atoms with Crippen molar-refractivity contribution in [3.05, 3.63) is 0 Å². The van der Waals surface area contributed by atoms with E-state index < -0.39 is 0 Å². The number of piperidine rings is 1. The van der Waals surface area contributed by atoms with Gasteiger partial charge in [0.15, 0.2) is 0 Å². The first kappa shape index (κ1) is 15.7. The molecule has 0 amide bonds. The first-order valence-corrected chi connectivity index (χ1v) is 9.01. The van der Waals surface area contributed by atoms with Crippen molar-refractivity contribution in [3.63, 3.8) is 0 Å². The average Bonchev–Trinajstić information content (AvgIpc) is 2.93. The molecule has 3 aliphatic rings. The van der Waals surface area contributed by atoms with Gasteiger partial charge in [-0.25, -0.2) is 0 Å². The highest BCUT2D eigenvalue weighted by atomic mass is 15.4. The third kappa shape index (κ3) is 2.88. The van der Waals surface area contributed by atoms with Gasteiger partial charge in [0.1, 0.15) is 0 Å².